The highest BCUT2D eigenvalue weighted by Gasteiger charge is 2.28. The van der Waals surface area contributed by atoms with E-state index in [1.165, 1.54) is 18.3 Å². The van der Waals surface area contributed by atoms with Gasteiger partial charge in [0, 0.05) is 6.20 Å². The van der Waals surface area contributed by atoms with Crippen LogP contribution in [0.3, 0.4) is 0 Å². The first-order chi connectivity index (χ1) is 10.4. The highest BCUT2D eigenvalue weighted by molar-refractivity contribution is 7.90. The van der Waals surface area contributed by atoms with E-state index >= 15 is 0 Å². The summed E-state index contributed by atoms with van der Waals surface area (Å²) in [5.41, 5.74) is 0. The smallest absolute Gasteiger partial charge is 0.281 e. The van der Waals surface area contributed by atoms with Gasteiger partial charge < -0.3 is 4.74 Å². The zero-order valence-electron chi connectivity index (χ0n) is 12.3. The Morgan fingerprint density at radius 3 is 2.68 bits per heavy atom. The summed E-state index contributed by atoms with van der Waals surface area (Å²) in [5.74, 6) is -0.661. The van der Waals surface area contributed by atoms with Crippen molar-refractivity contribution in [3.63, 3.8) is 0 Å². The molecule has 0 aliphatic heterocycles. The van der Waals surface area contributed by atoms with E-state index in [-0.39, 0.29) is 11.1 Å². The Kier molecular flexibility index (Phi) is 5.77. The summed E-state index contributed by atoms with van der Waals surface area (Å²) in [6, 6.07) is 2.65. The van der Waals surface area contributed by atoms with E-state index in [4.69, 9.17) is 16.3 Å². The number of hydrogen-bond donors (Lipinski definition) is 1. The molecule has 1 N–H and O–H groups in total. The minimum absolute atomic E-state index is 0.0343. The van der Waals surface area contributed by atoms with Crippen LogP contribution in [0.2, 0.25) is 5.02 Å². The van der Waals surface area contributed by atoms with E-state index in [0.717, 1.165) is 25.7 Å². The van der Waals surface area contributed by atoms with E-state index < -0.39 is 22.0 Å². The van der Waals surface area contributed by atoms with Crippen LogP contribution >= 0.6 is 11.6 Å². The average molecular weight is 347 g/mol. The zero-order chi connectivity index (χ0) is 16.2. The topological polar surface area (TPSA) is 85.4 Å². The van der Waals surface area contributed by atoms with Gasteiger partial charge in [-0.05, 0) is 31.4 Å². The average Bonchev–Trinajstić information content (AvgIpc) is 2.97. The van der Waals surface area contributed by atoms with Crippen LogP contribution in [0, 0.1) is 0 Å². The van der Waals surface area contributed by atoms with Gasteiger partial charge in [-0.2, -0.15) is 8.42 Å². The molecule has 1 unspecified atom stereocenters. The van der Waals surface area contributed by atoms with Gasteiger partial charge in [-0.15, -0.1) is 0 Å². The summed E-state index contributed by atoms with van der Waals surface area (Å²) in [6.45, 7) is 1.78. The normalized spacial score (nSPS) is 17.4. The van der Waals surface area contributed by atoms with Crippen molar-refractivity contribution in [2.24, 2.45) is 0 Å². The quantitative estimate of drug-likeness (QED) is 0.854. The maximum absolute atomic E-state index is 12.1. The molecule has 1 aromatic heterocycles. The van der Waals surface area contributed by atoms with Gasteiger partial charge >= 0.3 is 0 Å². The predicted molar refractivity (Wildman–Crippen MR) is 82.0 cm³/mol. The fourth-order valence-electron chi connectivity index (χ4n) is 2.37. The lowest BCUT2D eigenvalue weighted by molar-refractivity contribution is -0.134. The molecule has 2 rings (SSSR count). The molecule has 1 saturated carbocycles. The second kappa shape index (κ2) is 7.39. The van der Waals surface area contributed by atoms with Gasteiger partial charge in [-0.25, -0.2) is 9.71 Å². The molecule has 1 atom stereocenters. The number of sulfonamides is 1. The monoisotopic (exact) mass is 346 g/mol. The minimum atomic E-state index is -4.01. The molecule has 1 amide bonds. The van der Waals surface area contributed by atoms with Crippen LogP contribution in [0.5, 0.6) is 0 Å². The first-order valence-electron chi connectivity index (χ1n) is 7.26. The number of aromatic nitrogens is 1. The summed E-state index contributed by atoms with van der Waals surface area (Å²) in [5, 5.41) is 0.0715. The minimum Gasteiger partial charge on any atom is -0.365 e. The van der Waals surface area contributed by atoms with E-state index in [2.05, 4.69) is 4.98 Å². The number of ether oxygens (including phenoxy) is 1. The van der Waals surface area contributed by atoms with Crippen LogP contribution in [0.15, 0.2) is 23.4 Å². The molecule has 0 radical (unpaired) electrons. The molecule has 1 fully saturated rings. The molecule has 1 aromatic rings. The third-order valence-corrected chi connectivity index (χ3v) is 5.02. The Hall–Kier alpha value is -1.18. The maximum atomic E-state index is 12.1. The van der Waals surface area contributed by atoms with Crippen molar-refractivity contribution in [2.45, 2.75) is 56.3 Å². The molecule has 1 heterocycles. The number of carbonyl (C=O) groups is 1. The van der Waals surface area contributed by atoms with E-state index in [9.17, 15) is 13.2 Å². The Bertz CT molecular complexity index is 612. The highest BCUT2D eigenvalue weighted by Crippen LogP contribution is 2.23. The number of pyridine rings is 1. The summed E-state index contributed by atoms with van der Waals surface area (Å²) in [7, 11) is -4.01. The summed E-state index contributed by atoms with van der Waals surface area (Å²) in [6.07, 6.45) is 4.87. The Labute approximate surface area is 135 Å². The van der Waals surface area contributed by atoms with Gasteiger partial charge in [-0.3, -0.25) is 4.79 Å². The molecule has 0 aromatic carbocycles. The van der Waals surface area contributed by atoms with Crippen LogP contribution < -0.4 is 4.72 Å². The number of hydrogen-bond acceptors (Lipinski definition) is 5. The van der Waals surface area contributed by atoms with Crippen molar-refractivity contribution in [2.75, 3.05) is 0 Å². The Balaban J connectivity index is 2.03. The zero-order valence-corrected chi connectivity index (χ0v) is 13.9. The van der Waals surface area contributed by atoms with Gasteiger partial charge in [0.05, 0.1) is 11.1 Å². The van der Waals surface area contributed by atoms with Crippen molar-refractivity contribution in [3.8, 4) is 0 Å². The van der Waals surface area contributed by atoms with Crippen LogP contribution in [-0.2, 0) is 19.6 Å². The molecular weight excluding hydrogens is 328 g/mol. The molecule has 22 heavy (non-hydrogen) atoms. The third kappa shape index (κ3) is 4.41. The molecule has 6 nitrogen and oxygen atoms in total. The summed E-state index contributed by atoms with van der Waals surface area (Å²) in [4.78, 5) is 15.9. The lowest BCUT2D eigenvalue weighted by Crippen LogP contribution is -2.41. The van der Waals surface area contributed by atoms with Crippen molar-refractivity contribution in [1.82, 2.24) is 9.71 Å². The fourth-order valence-corrected chi connectivity index (χ4v) is 3.42. The van der Waals surface area contributed by atoms with Gasteiger partial charge in [0.15, 0.2) is 5.03 Å². The van der Waals surface area contributed by atoms with E-state index in [1.54, 1.807) is 6.92 Å². The van der Waals surface area contributed by atoms with Crippen LogP contribution in [0.1, 0.15) is 39.0 Å². The fraction of sp³-hybridized carbons (Fsp3) is 0.571. The maximum Gasteiger partial charge on any atom is 0.281 e. The molecule has 122 valence electrons. The predicted octanol–water partition coefficient (Wildman–Crippen LogP) is 2.28. The third-order valence-electron chi connectivity index (χ3n) is 3.53. The lowest BCUT2D eigenvalue weighted by Gasteiger charge is -2.20. The van der Waals surface area contributed by atoms with Gasteiger partial charge in [0.1, 0.15) is 6.10 Å². The molecule has 1 aliphatic carbocycles. The largest absolute Gasteiger partial charge is 0.365 e. The number of halogens is 1. The van der Waals surface area contributed by atoms with Crippen molar-refractivity contribution in [1.29, 1.82) is 0 Å². The first-order valence-corrected chi connectivity index (χ1v) is 9.12. The number of carbonyl (C=O) groups excluding carboxylic acids is 1. The van der Waals surface area contributed by atoms with Crippen molar-refractivity contribution >= 4 is 27.5 Å². The number of nitrogens with one attached hydrogen (secondary N) is 1. The first kappa shape index (κ1) is 17.2. The molecule has 0 saturated heterocycles. The Morgan fingerprint density at radius 2 is 2.14 bits per heavy atom. The standard InChI is InChI=1S/C14H19ClN2O4S/c1-2-12(21-11-5-3-4-6-11)14(18)17-22(19,20)13-8-7-10(15)9-16-13/h7-9,11-12H,2-6H2,1H3,(H,17,18). The molecule has 8 heteroatoms. The van der Waals surface area contributed by atoms with Gasteiger partial charge in [0.25, 0.3) is 15.9 Å². The highest BCUT2D eigenvalue weighted by atomic mass is 35.5. The second-order valence-corrected chi connectivity index (χ2v) is 7.29. The lowest BCUT2D eigenvalue weighted by atomic mass is 10.2. The van der Waals surface area contributed by atoms with E-state index in [0.29, 0.717) is 11.4 Å². The SMILES string of the molecule is CCC(OC1CCCC1)C(=O)NS(=O)(=O)c1ccc(Cl)cn1. The number of nitrogens with zero attached hydrogens (tertiary/aromatic N) is 1. The van der Waals surface area contributed by atoms with Gasteiger partial charge in [-0.1, -0.05) is 31.4 Å². The van der Waals surface area contributed by atoms with Crippen LogP contribution in [0.25, 0.3) is 0 Å². The molecule has 1 aliphatic rings. The molecule has 0 spiro atoms. The number of rotatable bonds is 6. The molecule has 0 bridgehead atoms. The van der Waals surface area contributed by atoms with Crippen molar-refractivity contribution in [3.05, 3.63) is 23.4 Å². The number of amides is 1. The molecular formula is C14H19ClN2O4S. The van der Waals surface area contributed by atoms with Crippen LogP contribution in [-0.4, -0.2) is 31.5 Å². The summed E-state index contributed by atoms with van der Waals surface area (Å²) < 4.78 is 32.0. The van der Waals surface area contributed by atoms with Crippen LogP contribution in [0.4, 0.5) is 0 Å². The second-order valence-electron chi connectivity index (χ2n) is 5.22. The van der Waals surface area contributed by atoms with Gasteiger partial charge in [0.2, 0.25) is 0 Å². The van der Waals surface area contributed by atoms with Crippen molar-refractivity contribution < 1.29 is 17.9 Å². The Morgan fingerprint density at radius 1 is 1.45 bits per heavy atom. The van der Waals surface area contributed by atoms with E-state index in [1.807, 2.05) is 4.72 Å². The summed E-state index contributed by atoms with van der Waals surface area (Å²) >= 11 is 5.67.